The van der Waals surface area contributed by atoms with E-state index >= 15 is 0 Å². The van der Waals surface area contributed by atoms with Gasteiger partial charge in [-0.25, -0.2) is 4.39 Å². The number of nitrogens with one attached hydrogen (secondary N) is 1. The van der Waals surface area contributed by atoms with Gasteiger partial charge in [0.1, 0.15) is 18.1 Å². The summed E-state index contributed by atoms with van der Waals surface area (Å²) in [6.07, 6.45) is 0. The summed E-state index contributed by atoms with van der Waals surface area (Å²) in [7, 11) is 1.61. The Morgan fingerprint density at radius 2 is 1.89 bits per heavy atom. The summed E-state index contributed by atoms with van der Waals surface area (Å²) in [6, 6.07) is 17.2. The zero-order valence-corrected chi connectivity index (χ0v) is 15.0. The lowest BCUT2D eigenvalue weighted by Crippen LogP contribution is -2.26. The molecule has 0 saturated heterocycles. The van der Waals surface area contributed by atoms with Crippen molar-refractivity contribution in [2.24, 2.45) is 0 Å². The molecule has 0 radical (unpaired) electrons. The van der Waals surface area contributed by atoms with Crippen LogP contribution in [0, 0.1) is 5.82 Å². The Kier molecular flexibility index (Phi) is 4.67. The number of hydrogen-bond acceptors (Lipinski definition) is 5. The Hall–Kier alpha value is -3.81. The number of benzene rings is 2. The van der Waals surface area contributed by atoms with Crippen molar-refractivity contribution in [2.45, 2.75) is 6.54 Å². The van der Waals surface area contributed by atoms with E-state index in [0.717, 1.165) is 5.56 Å². The fourth-order valence-corrected chi connectivity index (χ4v) is 2.74. The summed E-state index contributed by atoms with van der Waals surface area (Å²) in [5, 5.41) is 10.6. The summed E-state index contributed by atoms with van der Waals surface area (Å²) in [5.41, 5.74) is 1.75. The molecule has 0 aliphatic heterocycles. The Balaban J connectivity index is 1.47. The van der Waals surface area contributed by atoms with E-state index in [1.54, 1.807) is 25.2 Å². The molecule has 0 unspecified atom stereocenters. The van der Waals surface area contributed by atoms with E-state index in [4.69, 9.17) is 4.52 Å². The Labute approximate surface area is 159 Å². The van der Waals surface area contributed by atoms with Crippen LogP contribution in [-0.2, 0) is 6.54 Å². The molecule has 4 rings (SSSR count). The number of halogens is 1. The molecule has 0 aliphatic rings. The summed E-state index contributed by atoms with van der Waals surface area (Å²) < 4.78 is 19.1. The largest absolute Gasteiger partial charge is 0.337 e. The monoisotopic (exact) mass is 377 g/mol. The third-order valence-electron chi connectivity index (χ3n) is 4.18. The smallest absolute Gasteiger partial charge is 0.272 e. The first-order chi connectivity index (χ1) is 13.6. The predicted octanol–water partition coefficient (Wildman–Crippen LogP) is 3.54. The van der Waals surface area contributed by atoms with Crippen LogP contribution >= 0.6 is 0 Å². The summed E-state index contributed by atoms with van der Waals surface area (Å²) in [5.74, 6) is 0.0404. The normalized spacial score (nSPS) is 10.8. The van der Waals surface area contributed by atoms with E-state index in [1.807, 2.05) is 30.3 Å². The second-order valence-corrected chi connectivity index (χ2v) is 6.19. The van der Waals surface area contributed by atoms with E-state index in [1.165, 1.54) is 17.0 Å². The number of hydrogen-bond donors (Lipinski definition) is 1. The van der Waals surface area contributed by atoms with Crippen LogP contribution in [0.2, 0.25) is 0 Å². The molecule has 0 spiro atoms. The van der Waals surface area contributed by atoms with Crippen molar-refractivity contribution in [3.63, 3.8) is 0 Å². The molecule has 7 nitrogen and oxygen atoms in total. The molecule has 2 aromatic heterocycles. The maximum atomic E-state index is 13.9. The molecule has 0 aliphatic carbocycles. The van der Waals surface area contributed by atoms with Gasteiger partial charge < -0.3 is 9.42 Å². The standard InChI is InChI=1S/C20H16FN5O2/c1-26(12-18-22-19(25-28-18)13-7-3-2-4-8-13)20(27)17-11-16(23-24-17)14-9-5-6-10-15(14)21/h2-11H,12H2,1H3,(H,23,24). The van der Waals surface area contributed by atoms with Crippen LogP contribution in [0.1, 0.15) is 16.4 Å². The molecule has 8 heteroatoms. The molecule has 0 atom stereocenters. The number of rotatable bonds is 5. The Bertz CT molecular complexity index is 1110. The minimum Gasteiger partial charge on any atom is -0.337 e. The van der Waals surface area contributed by atoms with Gasteiger partial charge in [0.2, 0.25) is 11.7 Å². The van der Waals surface area contributed by atoms with Gasteiger partial charge in [-0.15, -0.1) is 0 Å². The molecule has 140 valence electrons. The first-order valence-electron chi connectivity index (χ1n) is 8.55. The number of amides is 1. The maximum absolute atomic E-state index is 13.9. The zero-order valence-electron chi connectivity index (χ0n) is 15.0. The lowest BCUT2D eigenvalue weighted by molar-refractivity contribution is 0.0763. The molecule has 1 amide bonds. The molecule has 4 aromatic rings. The van der Waals surface area contributed by atoms with E-state index in [0.29, 0.717) is 23.0 Å². The molecule has 1 N–H and O–H groups in total. The highest BCUT2D eigenvalue weighted by atomic mass is 19.1. The SMILES string of the molecule is CN(Cc1nc(-c2ccccc2)no1)C(=O)c1cc(-c2ccccc2F)n[nH]1. The van der Waals surface area contributed by atoms with Crippen LogP contribution in [0.25, 0.3) is 22.6 Å². The molecule has 0 bridgehead atoms. The minimum absolute atomic E-state index is 0.132. The van der Waals surface area contributed by atoms with Gasteiger partial charge in [0, 0.05) is 18.2 Å². The van der Waals surface area contributed by atoms with Crippen LogP contribution in [0.3, 0.4) is 0 Å². The van der Waals surface area contributed by atoms with Crippen molar-refractivity contribution in [1.82, 2.24) is 25.2 Å². The topological polar surface area (TPSA) is 87.9 Å². The number of nitrogens with zero attached hydrogens (tertiary/aromatic N) is 4. The average Bonchev–Trinajstić information content (AvgIpc) is 3.38. The quantitative estimate of drug-likeness (QED) is 0.575. The van der Waals surface area contributed by atoms with Gasteiger partial charge >= 0.3 is 0 Å². The van der Waals surface area contributed by atoms with Gasteiger partial charge in [0.05, 0.1) is 5.69 Å². The molecule has 0 saturated carbocycles. The molecular weight excluding hydrogens is 361 g/mol. The van der Waals surface area contributed by atoms with Gasteiger partial charge in [-0.3, -0.25) is 9.89 Å². The number of carbonyl (C=O) groups is 1. The molecule has 28 heavy (non-hydrogen) atoms. The molecular formula is C20H16FN5O2. The van der Waals surface area contributed by atoms with Gasteiger partial charge in [0.25, 0.3) is 5.91 Å². The van der Waals surface area contributed by atoms with Crippen LogP contribution in [-0.4, -0.2) is 38.2 Å². The number of H-pyrrole nitrogens is 1. The van der Waals surface area contributed by atoms with Gasteiger partial charge in [-0.2, -0.15) is 10.1 Å². The predicted molar refractivity (Wildman–Crippen MR) is 99.5 cm³/mol. The fraction of sp³-hybridized carbons (Fsp3) is 0.100. The van der Waals surface area contributed by atoms with Crippen molar-refractivity contribution >= 4 is 5.91 Å². The lowest BCUT2D eigenvalue weighted by Gasteiger charge is -2.12. The van der Waals surface area contributed by atoms with Gasteiger partial charge in [0.15, 0.2) is 0 Å². The van der Waals surface area contributed by atoms with E-state index in [-0.39, 0.29) is 18.1 Å². The summed E-state index contributed by atoms with van der Waals surface area (Å²) in [4.78, 5) is 18.4. The van der Waals surface area contributed by atoms with Crippen LogP contribution < -0.4 is 0 Å². The van der Waals surface area contributed by atoms with Crippen LogP contribution in [0.4, 0.5) is 4.39 Å². The van der Waals surface area contributed by atoms with E-state index in [2.05, 4.69) is 20.3 Å². The average molecular weight is 377 g/mol. The fourth-order valence-electron chi connectivity index (χ4n) is 2.74. The second-order valence-electron chi connectivity index (χ2n) is 6.19. The van der Waals surface area contributed by atoms with Crippen LogP contribution in [0.15, 0.2) is 65.2 Å². The van der Waals surface area contributed by atoms with Crippen molar-refractivity contribution < 1.29 is 13.7 Å². The molecule has 0 fully saturated rings. The van der Waals surface area contributed by atoms with Crippen molar-refractivity contribution in [3.05, 3.63) is 78.1 Å². The maximum Gasteiger partial charge on any atom is 0.272 e. The second kappa shape index (κ2) is 7.43. The molecule has 2 aromatic carbocycles. The summed E-state index contributed by atoms with van der Waals surface area (Å²) >= 11 is 0. The number of carbonyl (C=O) groups excluding carboxylic acids is 1. The van der Waals surface area contributed by atoms with E-state index in [9.17, 15) is 9.18 Å². The lowest BCUT2D eigenvalue weighted by atomic mass is 10.1. The third kappa shape index (κ3) is 3.52. The first-order valence-corrected chi connectivity index (χ1v) is 8.55. The van der Waals surface area contributed by atoms with Gasteiger partial charge in [-0.05, 0) is 18.2 Å². The van der Waals surface area contributed by atoms with Crippen LogP contribution in [0.5, 0.6) is 0 Å². The highest BCUT2D eigenvalue weighted by Gasteiger charge is 2.19. The highest BCUT2D eigenvalue weighted by Crippen LogP contribution is 2.21. The van der Waals surface area contributed by atoms with E-state index < -0.39 is 5.82 Å². The van der Waals surface area contributed by atoms with Gasteiger partial charge in [-0.1, -0.05) is 47.6 Å². The van der Waals surface area contributed by atoms with Crippen molar-refractivity contribution in [1.29, 1.82) is 0 Å². The zero-order chi connectivity index (χ0) is 19.5. The number of aromatic amines is 1. The highest BCUT2D eigenvalue weighted by molar-refractivity contribution is 5.93. The Morgan fingerprint density at radius 3 is 2.68 bits per heavy atom. The number of aromatic nitrogens is 4. The minimum atomic E-state index is -0.402. The first kappa shape index (κ1) is 17.6. The third-order valence-corrected chi connectivity index (χ3v) is 4.18. The van der Waals surface area contributed by atoms with Crippen molar-refractivity contribution in [3.8, 4) is 22.6 Å². The summed E-state index contributed by atoms with van der Waals surface area (Å²) in [6.45, 7) is 0.132. The van der Waals surface area contributed by atoms with Crippen molar-refractivity contribution in [2.75, 3.05) is 7.05 Å². The molecule has 2 heterocycles. The Morgan fingerprint density at radius 1 is 1.14 bits per heavy atom.